The van der Waals surface area contributed by atoms with Crippen LogP contribution in [0.3, 0.4) is 0 Å². The molecule has 6 rings (SSSR count). The molecule has 9 nitrogen and oxygen atoms in total. The molecule has 1 N–H and O–H groups in total. The molecular weight excluding hydrogens is 821 g/mol. The van der Waals surface area contributed by atoms with Crippen molar-refractivity contribution in [3.63, 3.8) is 0 Å². The van der Waals surface area contributed by atoms with Gasteiger partial charge in [-0.05, 0) is 0 Å². The van der Waals surface area contributed by atoms with E-state index in [1.807, 2.05) is 20.2 Å². The Bertz CT molecular complexity index is 1790. The van der Waals surface area contributed by atoms with Crippen molar-refractivity contribution < 1.29 is 18.6 Å². The van der Waals surface area contributed by atoms with Crippen LogP contribution in [0.15, 0.2) is 67.0 Å². The number of hydrogen-bond donors (Lipinski definition) is 1. The van der Waals surface area contributed by atoms with Crippen molar-refractivity contribution in [3.8, 4) is 0 Å². The van der Waals surface area contributed by atoms with Crippen LogP contribution in [-0.4, -0.2) is 83.5 Å². The minimum absolute atomic E-state index is 0.0831. The molecule has 2 aromatic heterocycles. The molecule has 0 unspecified atom stereocenters. The van der Waals surface area contributed by atoms with Crippen molar-refractivity contribution in [2.75, 3.05) is 18.5 Å². The van der Waals surface area contributed by atoms with Gasteiger partial charge in [-0.15, -0.1) is 0 Å². The van der Waals surface area contributed by atoms with Gasteiger partial charge in [-0.25, -0.2) is 0 Å². The molecule has 2 aliphatic heterocycles. The number of nitrogens with one attached hydrogen (secondary N) is 1. The summed E-state index contributed by atoms with van der Waals surface area (Å²) in [6.07, 6.45) is 7.76. The summed E-state index contributed by atoms with van der Waals surface area (Å²) in [6.45, 7) is 23.5. The van der Waals surface area contributed by atoms with Crippen molar-refractivity contribution in [2.24, 2.45) is 0 Å². The minimum atomic E-state index is -3.15. The van der Waals surface area contributed by atoms with E-state index < -0.39 is 38.7 Å². The summed E-state index contributed by atoms with van der Waals surface area (Å²) >= 11 is -3.15. The van der Waals surface area contributed by atoms with Gasteiger partial charge in [-0.3, -0.25) is 0 Å². The predicted molar refractivity (Wildman–Crippen MR) is 234 cm³/mol. The van der Waals surface area contributed by atoms with Gasteiger partial charge in [0.05, 0.1) is 0 Å². The van der Waals surface area contributed by atoms with Crippen LogP contribution in [0, 0.1) is 0 Å². The molecule has 0 radical (unpaired) electrons. The second kappa shape index (κ2) is 18.3. The quantitative estimate of drug-likeness (QED) is 0.0931. The van der Waals surface area contributed by atoms with E-state index in [4.69, 9.17) is 33.6 Å². The zero-order valence-corrected chi connectivity index (χ0v) is 39.8. The SMILES string of the molecule is CCC[CH2][Sn]([CH2]CCC)([CH2]CCC)[c]1nc(NCC(c2ccccc2)c2ccccc2)c2ncn([C@@H]3O[C@H](CO[Si](C)(C)C(C)(C)C)[C@H]4OC(C)(C)O[C@H]43)c2n1. The molecule has 306 valence electrons. The van der Waals surface area contributed by atoms with E-state index in [1.54, 1.807) is 0 Å². The van der Waals surface area contributed by atoms with E-state index in [0.717, 1.165) is 20.8 Å². The third-order valence-corrected chi connectivity index (χ3v) is 31.7. The van der Waals surface area contributed by atoms with Gasteiger partial charge in [0.25, 0.3) is 0 Å². The van der Waals surface area contributed by atoms with Crippen LogP contribution in [0.25, 0.3) is 11.2 Å². The molecule has 11 heteroatoms. The molecular formula is C45H69N5O4SiSn. The summed E-state index contributed by atoms with van der Waals surface area (Å²) in [5.74, 6) is 0.210. The van der Waals surface area contributed by atoms with Crippen molar-refractivity contribution in [1.82, 2.24) is 19.5 Å². The fourth-order valence-corrected chi connectivity index (χ4v) is 24.1. The Kier molecular flexibility index (Phi) is 14.1. The van der Waals surface area contributed by atoms with Crippen LogP contribution in [0.1, 0.15) is 117 Å². The van der Waals surface area contributed by atoms with Gasteiger partial charge in [-0.2, -0.15) is 0 Å². The van der Waals surface area contributed by atoms with Gasteiger partial charge in [0.2, 0.25) is 0 Å². The maximum atomic E-state index is 6.96. The number of hydrogen-bond acceptors (Lipinski definition) is 8. The second-order valence-electron chi connectivity index (χ2n) is 18.3. The fraction of sp³-hybridized carbons (Fsp3) is 0.622. The van der Waals surface area contributed by atoms with E-state index in [0.29, 0.717) is 13.2 Å². The molecule has 0 spiro atoms. The monoisotopic (exact) mass is 891 g/mol. The van der Waals surface area contributed by atoms with Crippen LogP contribution in [0.2, 0.25) is 31.4 Å². The first-order chi connectivity index (χ1) is 26.7. The molecule has 2 aliphatic rings. The van der Waals surface area contributed by atoms with Crippen LogP contribution < -0.4 is 9.16 Å². The third kappa shape index (κ3) is 9.57. The summed E-state index contributed by atoms with van der Waals surface area (Å²) in [7, 11) is -2.04. The van der Waals surface area contributed by atoms with E-state index in [-0.39, 0.29) is 29.3 Å². The fourth-order valence-electron chi connectivity index (χ4n) is 8.24. The van der Waals surface area contributed by atoms with E-state index >= 15 is 0 Å². The average Bonchev–Trinajstić information content (AvgIpc) is 3.84. The number of fused-ring (bicyclic) bond motifs is 2. The normalized spacial score (nSPS) is 21.3. The summed E-state index contributed by atoms with van der Waals surface area (Å²) in [5, 5.41) is 3.97. The first-order valence-corrected chi connectivity index (χ1v) is 31.9. The van der Waals surface area contributed by atoms with Crippen LogP contribution in [-0.2, 0) is 18.6 Å². The van der Waals surface area contributed by atoms with Crippen molar-refractivity contribution in [1.29, 1.82) is 0 Å². The third-order valence-electron chi connectivity index (χ3n) is 12.6. The van der Waals surface area contributed by atoms with E-state index in [1.165, 1.54) is 63.0 Å². The molecule has 4 aromatic rings. The number of unbranched alkanes of at least 4 members (excludes halogenated alkanes) is 3. The zero-order chi connectivity index (χ0) is 40.1. The molecule has 2 saturated heterocycles. The number of nitrogens with zero attached hydrogens (tertiary/aromatic N) is 4. The molecule has 0 saturated carbocycles. The van der Waals surface area contributed by atoms with Crippen LogP contribution >= 0.6 is 0 Å². The van der Waals surface area contributed by atoms with Gasteiger partial charge >= 0.3 is 344 Å². The molecule has 0 bridgehead atoms. The van der Waals surface area contributed by atoms with Gasteiger partial charge in [-0.1, -0.05) is 0 Å². The molecule has 2 aromatic carbocycles. The Labute approximate surface area is 342 Å². The average molecular weight is 891 g/mol. The summed E-state index contributed by atoms with van der Waals surface area (Å²) in [5.41, 5.74) is 4.13. The molecule has 0 amide bonds. The van der Waals surface area contributed by atoms with Gasteiger partial charge in [0, 0.05) is 0 Å². The number of anilines is 1. The van der Waals surface area contributed by atoms with Crippen LogP contribution in [0.5, 0.6) is 0 Å². The van der Waals surface area contributed by atoms with Crippen molar-refractivity contribution in [2.45, 2.75) is 162 Å². The first kappa shape index (κ1) is 43.2. The summed E-state index contributed by atoms with van der Waals surface area (Å²) < 4.78 is 34.0. The van der Waals surface area contributed by atoms with Gasteiger partial charge in [0.1, 0.15) is 0 Å². The Morgan fingerprint density at radius 3 is 1.93 bits per heavy atom. The van der Waals surface area contributed by atoms with Crippen molar-refractivity contribution >= 4 is 47.5 Å². The maximum absolute atomic E-state index is 6.96. The molecule has 56 heavy (non-hydrogen) atoms. The topological polar surface area (TPSA) is 92.6 Å². The number of ether oxygens (including phenoxy) is 3. The molecule has 0 aliphatic carbocycles. The predicted octanol–water partition coefficient (Wildman–Crippen LogP) is 10.6. The zero-order valence-electron chi connectivity index (χ0n) is 35.9. The standard InChI is InChI=1S/C33H42N5O4Si.3C4H9.Sn/c1-32(2,3)43(6,7)39-19-25-27-28(42-33(4,5)41-27)31(40-25)38-21-37-26-29(35-20-36-30(26)38)34-18-24(22-14-10-8-11-15-22)23-16-12-9-13-17-23;3*1-3-4-2;/h8-17,21,24-25,27-28,31H,18-19H2,1-7H3,(H,34,35,36);3*1,3-4H2,2H3;/t25-,27-,28-,31-;;;;/m1..../s1. The van der Waals surface area contributed by atoms with E-state index in [9.17, 15) is 0 Å². The number of benzene rings is 2. The van der Waals surface area contributed by atoms with Crippen LogP contribution in [0.4, 0.5) is 5.82 Å². The Hall–Kier alpha value is -2.35. The summed E-state index contributed by atoms with van der Waals surface area (Å²) in [4.78, 5) is 16.3. The Morgan fingerprint density at radius 1 is 0.839 bits per heavy atom. The Balaban J connectivity index is 1.45. The second-order valence-corrected chi connectivity index (χ2v) is 35.9. The number of aromatic nitrogens is 4. The molecule has 4 heterocycles. The Morgan fingerprint density at radius 2 is 1.39 bits per heavy atom. The number of rotatable bonds is 19. The van der Waals surface area contributed by atoms with Gasteiger partial charge in [0.15, 0.2) is 0 Å². The van der Waals surface area contributed by atoms with Crippen molar-refractivity contribution in [3.05, 3.63) is 78.1 Å². The van der Waals surface area contributed by atoms with E-state index in [2.05, 4.69) is 125 Å². The summed E-state index contributed by atoms with van der Waals surface area (Å²) in [6, 6.07) is 21.6. The molecule has 4 atom stereocenters. The molecule has 2 fully saturated rings. The number of imidazole rings is 1. The van der Waals surface area contributed by atoms with Gasteiger partial charge < -0.3 is 0 Å². The first-order valence-electron chi connectivity index (χ1n) is 21.5.